The Kier molecular flexibility index (Phi) is 6.63. The molecule has 0 bridgehead atoms. The third-order valence-corrected chi connectivity index (χ3v) is 6.45. The molecular weight excluding hydrogens is 475 g/mol. The smallest absolute Gasteiger partial charge is 0.399 e. The van der Waals surface area contributed by atoms with E-state index in [0.29, 0.717) is 48.7 Å². The Hall–Kier alpha value is -2.63. The molecule has 34 heavy (non-hydrogen) atoms. The molecule has 1 aromatic heterocycles. The molecule has 3 heterocycles. The van der Waals surface area contributed by atoms with Crippen LogP contribution in [0.4, 0.5) is 24.7 Å². The summed E-state index contributed by atoms with van der Waals surface area (Å²) in [6.07, 6.45) is -3.63. The lowest BCUT2D eigenvalue weighted by atomic mass is 9.92. The highest BCUT2D eigenvalue weighted by Gasteiger charge is 2.45. The van der Waals surface area contributed by atoms with Crippen molar-refractivity contribution in [3.63, 3.8) is 0 Å². The van der Waals surface area contributed by atoms with E-state index in [-0.39, 0.29) is 30.0 Å². The first kappa shape index (κ1) is 24.5. The molecule has 1 aromatic carbocycles. The molecule has 1 amide bonds. The van der Waals surface area contributed by atoms with Gasteiger partial charge in [-0.05, 0) is 42.3 Å². The number of nitrogen functional groups attached to an aromatic ring is 1. The Morgan fingerprint density at radius 2 is 1.97 bits per heavy atom. The van der Waals surface area contributed by atoms with Gasteiger partial charge in [0.25, 0.3) is 5.91 Å². The minimum absolute atomic E-state index is 0.00233. The number of hydrogen-bond acceptors (Lipinski definition) is 7. The summed E-state index contributed by atoms with van der Waals surface area (Å²) in [5, 5.41) is 3.09. The monoisotopic (exact) mass is 499 g/mol. The highest BCUT2D eigenvalue weighted by Crippen LogP contribution is 2.36. The predicted octanol–water partition coefficient (Wildman–Crippen LogP) is 3.94. The van der Waals surface area contributed by atoms with E-state index in [2.05, 4.69) is 15.3 Å². The lowest BCUT2D eigenvalue weighted by Gasteiger charge is -2.37. The highest BCUT2D eigenvalue weighted by atomic mass is 35.5. The number of alkyl halides is 3. The second kappa shape index (κ2) is 9.20. The largest absolute Gasteiger partial charge is 0.416 e. The fourth-order valence-electron chi connectivity index (χ4n) is 4.36. The van der Waals surface area contributed by atoms with Crippen molar-refractivity contribution < 1.29 is 27.4 Å². The van der Waals surface area contributed by atoms with E-state index in [1.54, 1.807) is 11.8 Å². The molecule has 3 N–H and O–H groups in total. The third-order valence-electron chi connectivity index (χ3n) is 6.28. The first-order valence-electron chi connectivity index (χ1n) is 10.7. The van der Waals surface area contributed by atoms with Gasteiger partial charge in [-0.2, -0.15) is 13.2 Å². The molecular formula is C22H25ClF3N5O3. The summed E-state index contributed by atoms with van der Waals surface area (Å²) in [5.74, 6) is 0.185. The average molecular weight is 500 g/mol. The molecule has 8 nitrogen and oxygen atoms in total. The van der Waals surface area contributed by atoms with Crippen LogP contribution in [0.5, 0.6) is 0 Å². The normalized spacial score (nSPS) is 18.5. The Bertz CT molecular complexity index is 1090. The lowest BCUT2D eigenvalue weighted by molar-refractivity contribution is -0.167. The fraction of sp³-hybridized carbons (Fsp3) is 0.500. The summed E-state index contributed by atoms with van der Waals surface area (Å²) in [6, 6.07) is 2.82. The van der Waals surface area contributed by atoms with E-state index in [1.165, 1.54) is 13.2 Å². The molecule has 0 radical (unpaired) electrons. The van der Waals surface area contributed by atoms with Crippen molar-refractivity contribution in [1.82, 2.24) is 14.9 Å². The Morgan fingerprint density at radius 1 is 1.26 bits per heavy atom. The van der Waals surface area contributed by atoms with Crippen LogP contribution >= 0.6 is 11.6 Å². The zero-order valence-corrected chi connectivity index (χ0v) is 19.5. The van der Waals surface area contributed by atoms with E-state index in [0.717, 1.165) is 12.1 Å². The number of rotatable bonds is 5. The molecule has 1 unspecified atom stereocenters. The number of aromatic nitrogens is 2. The molecule has 1 saturated heterocycles. The van der Waals surface area contributed by atoms with Crippen LogP contribution < -0.4 is 11.1 Å². The number of carbonyl (C=O) groups excluding carboxylic acids is 1. The number of fused-ring (bicyclic) bond motifs is 1. The van der Waals surface area contributed by atoms with Gasteiger partial charge < -0.3 is 25.4 Å². The number of anilines is 2. The van der Waals surface area contributed by atoms with Crippen molar-refractivity contribution in [2.24, 2.45) is 0 Å². The van der Waals surface area contributed by atoms with Gasteiger partial charge in [-0.25, -0.2) is 9.97 Å². The second-order valence-corrected chi connectivity index (χ2v) is 8.83. The van der Waals surface area contributed by atoms with Gasteiger partial charge in [0, 0.05) is 44.4 Å². The summed E-state index contributed by atoms with van der Waals surface area (Å²) in [4.78, 5) is 23.5. The van der Waals surface area contributed by atoms with Crippen molar-refractivity contribution in [2.75, 3.05) is 31.4 Å². The van der Waals surface area contributed by atoms with Gasteiger partial charge in [0.05, 0.1) is 30.4 Å². The van der Waals surface area contributed by atoms with Crippen molar-refractivity contribution in [1.29, 1.82) is 0 Å². The third kappa shape index (κ3) is 4.77. The van der Waals surface area contributed by atoms with Crippen molar-refractivity contribution in [3.8, 4) is 0 Å². The molecule has 0 saturated carbocycles. The molecule has 12 heteroatoms. The molecule has 2 aliphatic rings. The summed E-state index contributed by atoms with van der Waals surface area (Å²) >= 11 is 6.12. The van der Waals surface area contributed by atoms with Crippen LogP contribution in [0.1, 0.15) is 48.2 Å². The number of carbonyl (C=O) groups is 1. The number of amides is 1. The summed E-state index contributed by atoms with van der Waals surface area (Å²) < 4.78 is 50.7. The summed E-state index contributed by atoms with van der Waals surface area (Å²) in [5.41, 5.74) is 5.48. The quantitative estimate of drug-likeness (QED) is 0.474. The molecule has 1 atom stereocenters. The van der Waals surface area contributed by atoms with Crippen molar-refractivity contribution in [3.05, 3.63) is 45.9 Å². The predicted molar refractivity (Wildman–Crippen MR) is 119 cm³/mol. The number of hydrogen-bond donors (Lipinski definition) is 2. The first-order chi connectivity index (χ1) is 16.0. The minimum atomic E-state index is -4.52. The van der Waals surface area contributed by atoms with Gasteiger partial charge in [-0.1, -0.05) is 0 Å². The molecule has 2 aliphatic heterocycles. The highest BCUT2D eigenvalue weighted by molar-refractivity contribution is 6.28. The maximum absolute atomic E-state index is 13.4. The number of benzene rings is 1. The number of halogens is 4. The maximum atomic E-state index is 13.4. The number of nitrogens with zero attached hydrogens (tertiary/aromatic N) is 3. The molecule has 184 valence electrons. The summed E-state index contributed by atoms with van der Waals surface area (Å²) in [7, 11) is 1.51. The van der Waals surface area contributed by atoms with Gasteiger partial charge in [-0.15, -0.1) is 0 Å². The van der Waals surface area contributed by atoms with E-state index in [9.17, 15) is 18.0 Å². The average Bonchev–Trinajstić information content (AvgIpc) is 3.22. The first-order valence-corrected chi connectivity index (χ1v) is 11.1. The zero-order valence-electron chi connectivity index (χ0n) is 18.7. The van der Waals surface area contributed by atoms with Crippen LogP contribution in [-0.4, -0.2) is 46.7 Å². The number of ether oxygens (including phenoxy) is 2. The van der Waals surface area contributed by atoms with E-state index >= 15 is 0 Å². The second-order valence-electron chi connectivity index (χ2n) is 8.49. The topological polar surface area (TPSA) is 103 Å². The van der Waals surface area contributed by atoms with Gasteiger partial charge >= 0.3 is 6.18 Å². The molecule has 1 fully saturated rings. The Balaban J connectivity index is 1.58. The zero-order chi connectivity index (χ0) is 24.7. The number of methoxy groups -OCH3 is 1. The molecule has 0 spiro atoms. The summed E-state index contributed by atoms with van der Waals surface area (Å²) in [6.45, 7) is 2.99. The van der Waals surface area contributed by atoms with Crippen LogP contribution in [0.3, 0.4) is 0 Å². The van der Waals surface area contributed by atoms with Crippen LogP contribution in [0, 0.1) is 0 Å². The number of nitrogens with two attached hydrogens (primary N) is 1. The fourth-order valence-corrected chi connectivity index (χ4v) is 4.55. The Labute approximate surface area is 199 Å². The van der Waals surface area contributed by atoms with Crippen LogP contribution in [0.15, 0.2) is 18.2 Å². The Morgan fingerprint density at radius 3 is 2.62 bits per heavy atom. The van der Waals surface area contributed by atoms with Crippen LogP contribution in [0.25, 0.3) is 0 Å². The van der Waals surface area contributed by atoms with Gasteiger partial charge in [0.2, 0.25) is 5.28 Å². The molecule has 0 aliphatic carbocycles. The lowest BCUT2D eigenvalue weighted by Crippen LogP contribution is -2.51. The standard InChI is InChI=1S/C22H25ClF3N5O3/c1-12(13-7-14(22(24,25)26)9-15(27)8-13)28-18-16-10-31(11-17(16)29-20(23)30-18)19(32)21(33-2)3-5-34-6-4-21/h7-9,12H,3-6,10-11,27H2,1-2H3,(H,28,29,30). The van der Waals surface area contributed by atoms with Gasteiger partial charge in [0.15, 0.2) is 5.60 Å². The molecule has 2 aromatic rings. The van der Waals surface area contributed by atoms with Crippen LogP contribution in [-0.2, 0) is 33.5 Å². The van der Waals surface area contributed by atoms with E-state index in [1.807, 2.05) is 0 Å². The molecule has 4 rings (SSSR count). The van der Waals surface area contributed by atoms with Gasteiger partial charge in [0.1, 0.15) is 5.82 Å². The number of nitrogens with one attached hydrogen (secondary N) is 1. The van der Waals surface area contributed by atoms with Gasteiger partial charge in [-0.3, -0.25) is 4.79 Å². The SMILES string of the molecule is COC1(C(=O)N2Cc3nc(Cl)nc(NC(C)c4cc(N)cc(C(F)(F)F)c4)c3C2)CCOCC1. The van der Waals surface area contributed by atoms with Crippen molar-refractivity contribution >= 4 is 29.0 Å². The van der Waals surface area contributed by atoms with Crippen LogP contribution in [0.2, 0.25) is 5.28 Å². The van der Waals surface area contributed by atoms with E-state index in [4.69, 9.17) is 26.8 Å². The van der Waals surface area contributed by atoms with E-state index < -0.39 is 23.4 Å². The minimum Gasteiger partial charge on any atom is -0.399 e. The van der Waals surface area contributed by atoms with Crippen molar-refractivity contribution in [2.45, 2.75) is 50.7 Å². The maximum Gasteiger partial charge on any atom is 0.416 e.